The fourth-order valence-corrected chi connectivity index (χ4v) is 4.08. The molecule has 36 heavy (non-hydrogen) atoms. The van der Waals surface area contributed by atoms with E-state index in [4.69, 9.17) is 58.5 Å². The number of hydrogen-bond acceptors (Lipinski definition) is 5. The van der Waals surface area contributed by atoms with Crippen LogP contribution in [-0.2, 0) is 43.5 Å². The molecule has 192 valence electrons. The van der Waals surface area contributed by atoms with E-state index < -0.39 is 28.4 Å². The molecule has 0 N–H and O–H groups in total. The van der Waals surface area contributed by atoms with E-state index in [9.17, 15) is 0 Å². The minimum atomic E-state index is -1.59. The van der Waals surface area contributed by atoms with E-state index in [1.807, 2.05) is 91.0 Å². The fourth-order valence-electron chi connectivity index (χ4n) is 3.89. The summed E-state index contributed by atoms with van der Waals surface area (Å²) in [5.74, 6) is 0. The molecule has 1 aliphatic rings. The Hall–Kier alpha value is -1.67. The maximum atomic E-state index is 6.42. The predicted molar refractivity (Wildman–Crippen MR) is 141 cm³/mol. The van der Waals surface area contributed by atoms with Crippen LogP contribution in [-0.4, -0.2) is 41.6 Å². The van der Waals surface area contributed by atoms with Gasteiger partial charge in [0, 0.05) is 0 Å². The molecule has 0 unspecified atom stereocenters. The van der Waals surface area contributed by atoms with Gasteiger partial charge in [0.2, 0.25) is 3.79 Å². The second-order valence-corrected chi connectivity index (χ2v) is 11.0. The molecule has 0 aromatic heterocycles. The van der Waals surface area contributed by atoms with Crippen LogP contribution in [0.2, 0.25) is 0 Å². The Morgan fingerprint density at radius 2 is 1.06 bits per heavy atom. The molecule has 3 aromatic rings. The second-order valence-electron chi connectivity index (χ2n) is 8.49. The molecule has 0 saturated carbocycles. The molecule has 4 rings (SSSR count). The Labute approximate surface area is 227 Å². The molecule has 5 nitrogen and oxygen atoms in total. The third kappa shape index (κ3) is 8.72. The Morgan fingerprint density at radius 1 is 0.611 bits per heavy atom. The van der Waals surface area contributed by atoms with Crippen molar-refractivity contribution >= 4 is 34.8 Å². The lowest BCUT2D eigenvalue weighted by Gasteiger charge is -2.42. The van der Waals surface area contributed by atoms with Crippen LogP contribution >= 0.6 is 34.8 Å². The van der Waals surface area contributed by atoms with E-state index in [1.165, 1.54) is 0 Å². The molecule has 0 amide bonds. The van der Waals surface area contributed by atoms with E-state index in [-0.39, 0.29) is 13.2 Å². The molecule has 0 aliphatic carbocycles. The third-order valence-electron chi connectivity index (χ3n) is 5.67. The van der Waals surface area contributed by atoms with Crippen LogP contribution in [0.1, 0.15) is 16.7 Å². The van der Waals surface area contributed by atoms with Gasteiger partial charge in [-0.15, -0.1) is 0 Å². The summed E-state index contributed by atoms with van der Waals surface area (Å²) in [5, 5.41) is 0. The van der Waals surface area contributed by atoms with Crippen molar-refractivity contribution in [3.05, 3.63) is 108 Å². The largest absolute Gasteiger partial charge is 0.368 e. The SMILES string of the molecule is ClC(Cl)(Cl)CO[C@H]1OC[C@@H](OCc2ccccc2)[C@H](OCc2ccccc2)[C@@H]1OCc1ccccc1. The van der Waals surface area contributed by atoms with Gasteiger partial charge in [-0.25, -0.2) is 0 Å². The van der Waals surface area contributed by atoms with Crippen LogP contribution < -0.4 is 0 Å². The maximum Gasteiger partial charge on any atom is 0.213 e. The number of hydrogen-bond donors (Lipinski definition) is 0. The molecule has 1 aliphatic heterocycles. The van der Waals surface area contributed by atoms with E-state index in [2.05, 4.69) is 0 Å². The summed E-state index contributed by atoms with van der Waals surface area (Å²) in [5.41, 5.74) is 3.09. The highest BCUT2D eigenvalue weighted by Crippen LogP contribution is 2.31. The monoisotopic (exact) mass is 550 g/mol. The average Bonchev–Trinajstić information content (AvgIpc) is 2.90. The summed E-state index contributed by atoms with van der Waals surface area (Å²) < 4.78 is 29.4. The normalized spacial score (nSPS) is 22.4. The number of halogens is 3. The third-order valence-corrected chi connectivity index (χ3v) is 6.00. The van der Waals surface area contributed by atoms with Crippen molar-refractivity contribution in [1.29, 1.82) is 0 Å². The lowest BCUT2D eigenvalue weighted by molar-refractivity contribution is -0.299. The summed E-state index contributed by atoms with van der Waals surface area (Å²) in [7, 11) is 0. The van der Waals surface area contributed by atoms with Crippen LogP contribution in [0.4, 0.5) is 0 Å². The lowest BCUT2D eigenvalue weighted by atomic mass is 10.0. The Balaban J connectivity index is 1.53. The average molecular weight is 552 g/mol. The summed E-state index contributed by atoms with van der Waals surface area (Å²) in [4.78, 5) is 0. The van der Waals surface area contributed by atoms with E-state index in [1.54, 1.807) is 0 Å². The first-order valence-electron chi connectivity index (χ1n) is 11.7. The van der Waals surface area contributed by atoms with E-state index >= 15 is 0 Å². The number of ether oxygens (including phenoxy) is 5. The summed E-state index contributed by atoms with van der Waals surface area (Å²) in [6.07, 6.45) is -2.33. The molecular weight excluding hydrogens is 523 g/mol. The first-order chi connectivity index (χ1) is 17.5. The van der Waals surface area contributed by atoms with Gasteiger partial charge in [0.1, 0.15) is 18.3 Å². The van der Waals surface area contributed by atoms with Crippen LogP contribution in [0, 0.1) is 0 Å². The van der Waals surface area contributed by atoms with Crippen molar-refractivity contribution in [3.8, 4) is 0 Å². The molecular formula is C28H29Cl3O5. The van der Waals surface area contributed by atoms with Crippen molar-refractivity contribution in [2.24, 2.45) is 0 Å². The second kappa shape index (κ2) is 13.8. The van der Waals surface area contributed by atoms with Gasteiger partial charge in [-0.3, -0.25) is 0 Å². The van der Waals surface area contributed by atoms with Crippen LogP contribution in [0.5, 0.6) is 0 Å². The minimum Gasteiger partial charge on any atom is -0.368 e. The highest BCUT2D eigenvalue weighted by atomic mass is 35.6. The molecule has 8 heteroatoms. The van der Waals surface area contributed by atoms with Crippen molar-refractivity contribution < 1.29 is 23.7 Å². The highest BCUT2D eigenvalue weighted by Gasteiger charge is 2.44. The molecule has 1 heterocycles. The lowest BCUT2D eigenvalue weighted by Crippen LogP contribution is -2.57. The zero-order valence-electron chi connectivity index (χ0n) is 19.7. The minimum absolute atomic E-state index is 0.158. The number of alkyl halides is 3. The zero-order chi connectivity index (χ0) is 25.2. The molecule has 0 radical (unpaired) electrons. The molecule has 1 fully saturated rings. The van der Waals surface area contributed by atoms with Gasteiger partial charge >= 0.3 is 0 Å². The predicted octanol–water partition coefficient (Wildman–Crippen LogP) is 6.49. The molecule has 0 bridgehead atoms. The highest BCUT2D eigenvalue weighted by molar-refractivity contribution is 6.67. The Kier molecular flexibility index (Phi) is 10.5. The van der Waals surface area contributed by atoms with Crippen molar-refractivity contribution in [2.45, 2.75) is 48.2 Å². The summed E-state index contributed by atoms with van der Waals surface area (Å²) >= 11 is 17.9. The van der Waals surface area contributed by atoms with Crippen LogP contribution in [0.25, 0.3) is 0 Å². The quantitative estimate of drug-likeness (QED) is 0.255. The van der Waals surface area contributed by atoms with Crippen LogP contribution in [0.15, 0.2) is 91.0 Å². The molecule has 3 aromatic carbocycles. The summed E-state index contributed by atoms with van der Waals surface area (Å²) in [6.45, 7) is 1.19. The van der Waals surface area contributed by atoms with Crippen molar-refractivity contribution in [3.63, 3.8) is 0 Å². The fraction of sp³-hybridized carbons (Fsp3) is 0.357. The standard InChI is InChI=1S/C28H29Cl3O5/c29-28(30,31)20-36-27-26(34-18-23-14-8-3-9-15-23)25(33-17-22-12-6-2-7-13-22)24(19-35-27)32-16-21-10-4-1-5-11-21/h1-15,24-27H,16-20H2/t24-,25+,26+,27-/m1/s1. The van der Waals surface area contributed by atoms with E-state index in [0.29, 0.717) is 19.8 Å². The maximum absolute atomic E-state index is 6.42. The van der Waals surface area contributed by atoms with Gasteiger partial charge in [0.05, 0.1) is 33.0 Å². The van der Waals surface area contributed by atoms with Gasteiger partial charge in [0.15, 0.2) is 6.29 Å². The van der Waals surface area contributed by atoms with Crippen molar-refractivity contribution in [1.82, 2.24) is 0 Å². The Morgan fingerprint density at radius 3 is 1.53 bits per heavy atom. The van der Waals surface area contributed by atoms with Crippen LogP contribution in [0.3, 0.4) is 0 Å². The van der Waals surface area contributed by atoms with Gasteiger partial charge in [-0.1, -0.05) is 126 Å². The Bertz CT molecular complexity index is 1020. The molecule has 0 spiro atoms. The first kappa shape index (κ1) is 27.4. The van der Waals surface area contributed by atoms with Gasteiger partial charge in [-0.2, -0.15) is 0 Å². The van der Waals surface area contributed by atoms with Crippen molar-refractivity contribution in [2.75, 3.05) is 13.2 Å². The number of rotatable bonds is 11. The van der Waals surface area contributed by atoms with Gasteiger partial charge in [-0.05, 0) is 16.7 Å². The molecule has 4 atom stereocenters. The van der Waals surface area contributed by atoms with E-state index in [0.717, 1.165) is 16.7 Å². The first-order valence-corrected chi connectivity index (χ1v) is 12.9. The number of benzene rings is 3. The van der Waals surface area contributed by atoms with Gasteiger partial charge < -0.3 is 23.7 Å². The van der Waals surface area contributed by atoms with Gasteiger partial charge in [0.25, 0.3) is 0 Å². The molecule has 1 saturated heterocycles. The smallest absolute Gasteiger partial charge is 0.213 e. The zero-order valence-corrected chi connectivity index (χ0v) is 21.9. The summed E-state index contributed by atoms with van der Waals surface area (Å²) in [6, 6.07) is 29.8. The topological polar surface area (TPSA) is 46.2 Å².